The van der Waals surface area contributed by atoms with E-state index in [0.717, 1.165) is 19.5 Å². The zero-order valence-corrected chi connectivity index (χ0v) is 4.30. The summed E-state index contributed by atoms with van der Waals surface area (Å²) in [5.74, 6) is 5.38. The van der Waals surface area contributed by atoms with Crippen LogP contribution in [0.4, 0.5) is 0 Å². The molecule has 4 N–H and O–H groups in total. The maximum atomic E-state index is 5.50. The van der Waals surface area contributed by atoms with Crippen molar-refractivity contribution in [2.45, 2.75) is 12.5 Å². The normalized spacial score (nSPS) is 34.3. The zero-order chi connectivity index (χ0) is 5.28. The number of nitrogens with zero attached hydrogens (tertiary/aromatic N) is 1. The fourth-order valence-electron chi connectivity index (χ4n) is 0.815. The van der Waals surface area contributed by atoms with Crippen LogP contribution in [0, 0.1) is 0 Å². The van der Waals surface area contributed by atoms with Crippen molar-refractivity contribution in [3.63, 3.8) is 0 Å². The van der Waals surface area contributed by atoms with Crippen molar-refractivity contribution in [3.8, 4) is 0 Å². The third-order valence-electron chi connectivity index (χ3n) is 1.26. The minimum Gasteiger partial charge on any atom is -0.326 e. The highest BCUT2D eigenvalue weighted by atomic mass is 15.4. The summed E-state index contributed by atoms with van der Waals surface area (Å²) in [5, 5.41) is 1.75. The van der Waals surface area contributed by atoms with Gasteiger partial charge in [-0.3, -0.25) is 5.84 Å². The van der Waals surface area contributed by atoms with Gasteiger partial charge < -0.3 is 5.73 Å². The Labute approximate surface area is 43.2 Å². The van der Waals surface area contributed by atoms with Crippen LogP contribution in [0.5, 0.6) is 0 Å². The van der Waals surface area contributed by atoms with Crippen LogP contribution in [0.15, 0.2) is 0 Å². The molecule has 0 aromatic heterocycles. The average Bonchev–Trinajstić information content (AvgIpc) is 1.87. The van der Waals surface area contributed by atoms with Gasteiger partial charge in [0.15, 0.2) is 0 Å². The van der Waals surface area contributed by atoms with Crippen LogP contribution in [0.1, 0.15) is 6.42 Å². The Kier molecular flexibility index (Phi) is 1.27. The van der Waals surface area contributed by atoms with E-state index in [2.05, 4.69) is 0 Å². The van der Waals surface area contributed by atoms with Gasteiger partial charge in [-0.25, -0.2) is 5.01 Å². The summed E-state index contributed by atoms with van der Waals surface area (Å²) in [6, 6.07) is 0.324. The maximum absolute atomic E-state index is 5.50. The Balaban J connectivity index is 2.26. The van der Waals surface area contributed by atoms with E-state index in [1.54, 1.807) is 5.01 Å². The molecule has 1 aliphatic rings. The molecule has 3 heteroatoms. The largest absolute Gasteiger partial charge is 0.326 e. The van der Waals surface area contributed by atoms with E-state index in [1.165, 1.54) is 0 Å². The predicted molar refractivity (Wildman–Crippen MR) is 28.4 cm³/mol. The van der Waals surface area contributed by atoms with E-state index in [-0.39, 0.29) is 0 Å². The molecule has 7 heavy (non-hydrogen) atoms. The Bertz CT molecular complexity index is 56.0. The highest BCUT2D eigenvalue weighted by Crippen LogP contribution is 1.99. The van der Waals surface area contributed by atoms with Gasteiger partial charge in [-0.2, -0.15) is 0 Å². The van der Waals surface area contributed by atoms with E-state index >= 15 is 0 Å². The van der Waals surface area contributed by atoms with Crippen LogP contribution in [0.3, 0.4) is 0 Å². The van der Waals surface area contributed by atoms with Gasteiger partial charge in [-0.05, 0) is 6.42 Å². The minimum atomic E-state index is 0.324. The zero-order valence-electron chi connectivity index (χ0n) is 4.30. The number of nitrogens with two attached hydrogens (primary N) is 2. The maximum Gasteiger partial charge on any atom is 0.0281 e. The van der Waals surface area contributed by atoms with Gasteiger partial charge in [0.2, 0.25) is 0 Å². The van der Waals surface area contributed by atoms with Gasteiger partial charge in [0.05, 0.1) is 0 Å². The van der Waals surface area contributed by atoms with Crippen LogP contribution in [-0.2, 0) is 0 Å². The number of hydrogen-bond donors (Lipinski definition) is 2. The fourth-order valence-corrected chi connectivity index (χ4v) is 0.815. The third-order valence-corrected chi connectivity index (χ3v) is 1.26. The van der Waals surface area contributed by atoms with Crippen molar-refractivity contribution in [3.05, 3.63) is 0 Å². The SMILES string of the molecule is NC1CCN(N)C1. The molecule has 1 atom stereocenters. The molecule has 42 valence electrons. The van der Waals surface area contributed by atoms with Crippen molar-refractivity contribution < 1.29 is 0 Å². The lowest BCUT2D eigenvalue weighted by atomic mass is 10.3. The van der Waals surface area contributed by atoms with Crippen molar-refractivity contribution in [1.29, 1.82) is 0 Å². The lowest BCUT2D eigenvalue weighted by Gasteiger charge is -2.03. The van der Waals surface area contributed by atoms with Gasteiger partial charge >= 0.3 is 0 Å². The molecule has 0 bridgehead atoms. The first-order valence-corrected chi connectivity index (χ1v) is 2.54. The molecule has 1 heterocycles. The highest BCUT2D eigenvalue weighted by Gasteiger charge is 2.14. The predicted octanol–water partition coefficient (Wildman–Crippen LogP) is -1.11. The number of rotatable bonds is 0. The lowest BCUT2D eigenvalue weighted by Crippen LogP contribution is -2.31. The van der Waals surface area contributed by atoms with Crippen molar-refractivity contribution in [1.82, 2.24) is 5.01 Å². The van der Waals surface area contributed by atoms with E-state index in [4.69, 9.17) is 11.6 Å². The standard InChI is InChI=1S/C4H11N3/c5-4-1-2-7(6)3-4/h4H,1-3,5-6H2. The molecule has 0 saturated carbocycles. The van der Waals surface area contributed by atoms with Gasteiger partial charge in [0.25, 0.3) is 0 Å². The van der Waals surface area contributed by atoms with Crippen LogP contribution in [-0.4, -0.2) is 24.1 Å². The van der Waals surface area contributed by atoms with E-state index in [9.17, 15) is 0 Å². The van der Waals surface area contributed by atoms with Crippen molar-refractivity contribution >= 4 is 0 Å². The molecule has 0 amide bonds. The van der Waals surface area contributed by atoms with Gasteiger partial charge in [-0.15, -0.1) is 0 Å². The summed E-state index contributed by atoms with van der Waals surface area (Å²) in [6.07, 6.45) is 1.05. The summed E-state index contributed by atoms with van der Waals surface area (Å²) in [4.78, 5) is 0. The first-order chi connectivity index (χ1) is 3.29. The third kappa shape index (κ3) is 1.12. The summed E-state index contributed by atoms with van der Waals surface area (Å²) < 4.78 is 0. The molecule has 0 aromatic rings. The van der Waals surface area contributed by atoms with Crippen LogP contribution < -0.4 is 11.6 Å². The molecule has 1 aliphatic heterocycles. The molecule has 1 unspecified atom stereocenters. The first-order valence-electron chi connectivity index (χ1n) is 2.54. The second kappa shape index (κ2) is 1.78. The van der Waals surface area contributed by atoms with Crippen LogP contribution in [0.2, 0.25) is 0 Å². The Morgan fingerprint density at radius 2 is 2.29 bits per heavy atom. The minimum absolute atomic E-state index is 0.324. The molecular weight excluding hydrogens is 90.1 g/mol. The lowest BCUT2D eigenvalue weighted by molar-refractivity contribution is 0.350. The molecule has 0 spiro atoms. The molecule has 0 aromatic carbocycles. The van der Waals surface area contributed by atoms with Crippen molar-refractivity contribution in [2.75, 3.05) is 13.1 Å². The summed E-state index contributed by atoms with van der Waals surface area (Å²) in [6.45, 7) is 1.82. The van der Waals surface area contributed by atoms with E-state index in [0.29, 0.717) is 6.04 Å². The molecular formula is C4H11N3. The van der Waals surface area contributed by atoms with Gasteiger partial charge in [-0.1, -0.05) is 0 Å². The van der Waals surface area contributed by atoms with Crippen molar-refractivity contribution in [2.24, 2.45) is 11.6 Å². The molecule has 1 saturated heterocycles. The topological polar surface area (TPSA) is 55.3 Å². The summed E-state index contributed by atoms with van der Waals surface area (Å²) in [5.41, 5.74) is 5.50. The molecule has 3 nitrogen and oxygen atoms in total. The Hall–Kier alpha value is -0.120. The number of hydrazine groups is 1. The van der Waals surface area contributed by atoms with Gasteiger partial charge in [0, 0.05) is 19.1 Å². The first kappa shape index (κ1) is 5.03. The second-order valence-electron chi connectivity index (χ2n) is 2.04. The Morgan fingerprint density at radius 1 is 1.57 bits per heavy atom. The average molecular weight is 101 g/mol. The second-order valence-corrected chi connectivity index (χ2v) is 2.04. The monoisotopic (exact) mass is 101 g/mol. The van der Waals surface area contributed by atoms with E-state index in [1.807, 2.05) is 0 Å². The number of hydrogen-bond acceptors (Lipinski definition) is 3. The van der Waals surface area contributed by atoms with Gasteiger partial charge in [0.1, 0.15) is 0 Å². The molecule has 0 aliphatic carbocycles. The van der Waals surface area contributed by atoms with Crippen LogP contribution in [0.25, 0.3) is 0 Å². The Morgan fingerprint density at radius 3 is 2.43 bits per heavy atom. The summed E-state index contributed by atoms with van der Waals surface area (Å²) >= 11 is 0. The fraction of sp³-hybridized carbons (Fsp3) is 1.00. The quantitative estimate of drug-likeness (QED) is 0.380. The summed E-state index contributed by atoms with van der Waals surface area (Å²) in [7, 11) is 0. The van der Waals surface area contributed by atoms with E-state index < -0.39 is 0 Å². The van der Waals surface area contributed by atoms with Crippen LogP contribution >= 0.6 is 0 Å². The highest BCUT2D eigenvalue weighted by molar-refractivity contribution is 4.73. The molecule has 0 radical (unpaired) electrons. The molecule has 1 fully saturated rings. The smallest absolute Gasteiger partial charge is 0.0281 e. The molecule has 1 rings (SSSR count).